The Morgan fingerprint density at radius 3 is 2.39 bits per heavy atom. The van der Waals surface area contributed by atoms with E-state index in [1.165, 1.54) is 18.3 Å². The largest absolute Gasteiger partial charge is 0.507 e. The fourth-order valence-corrected chi connectivity index (χ4v) is 2.38. The van der Waals surface area contributed by atoms with E-state index in [1.54, 1.807) is 6.20 Å². The first-order chi connectivity index (χ1) is 8.21. The fourth-order valence-electron chi connectivity index (χ4n) is 1.56. The molecule has 1 aliphatic heterocycles. The van der Waals surface area contributed by atoms with Crippen molar-refractivity contribution in [2.24, 2.45) is 0 Å². The maximum absolute atomic E-state index is 10.9. The van der Waals surface area contributed by atoms with Gasteiger partial charge in [-0.05, 0) is 27.7 Å². The van der Waals surface area contributed by atoms with Crippen molar-refractivity contribution in [3.05, 3.63) is 6.20 Å². The highest BCUT2D eigenvalue weighted by Crippen LogP contribution is 2.36. The Morgan fingerprint density at radius 2 is 1.89 bits per heavy atom. The molecule has 1 aromatic heterocycles. The van der Waals surface area contributed by atoms with E-state index in [1.807, 2.05) is 27.7 Å². The van der Waals surface area contributed by atoms with E-state index >= 15 is 0 Å². The van der Waals surface area contributed by atoms with Crippen molar-refractivity contribution in [1.82, 2.24) is 4.98 Å². The number of amides is 1. The smallest absolute Gasteiger partial charge is 0.399 e. The van der Waals surface area contributed by atoms with Gasteiger partial charge in [-0.3, -0.25) is 4.79 Å². The summed E-state index contributed by atoms with van der Waals surface area (Å²) >= 11 is 1.37. The van der Waals surface area contributed by atoms with Crippen molar-refractivity contribution in [2.75, 3.05) is 5.32 Å². The van der Waals surface area contributed by atoms with Crippen LogP contribution in [0, 0.1) is 0 Å². The van der Waals surface area contributed by atoms with Crippen LogP contribution in [-0.2, 0) is 14.1 Å². The zero-order valence-electron chi connectivity index (χ0n) is 11.2. The zero-order valence-corrected chi connectivity index (χ0v) is 12.1. The highest BCUT2D eigenvalue weighted by atomic mass is 32.1. The van der Waals surface area contributed by atoms with Crippen LogP contribution in [0.15, 0.2) is 6.20 Å². The molecule has 0 aliphatic carbocycles. The Balaban J connectivity index is 2.15. The summed E-state index contributed by atoms with van der Waals surface area (Å²) in [6.07, 6.45) is 1.68. The van der Waals surface area contributed by atoms with Crippen molar-refractivity contribution < 1.29 is 14.1 Å². The molecule has 0 bridgehead atoms. The lowest BCUT2D eigenvalue weighted by Gasteiger charge is -2.32. The van der Waals surface area contributed by atoms with Gasteiger partial charge in [-0.15, -0.1) is 11.3 Å². The van der Waals surface area contributed by atoms with Gasteiger partial charge in [-0.2, -0.15) is 0 Å². The Labute approximate surface area is 111 Å². The van der Waals surface area contributed by atoms with E-state index in [-0.39, 0.29) is 17.1 Å². The molecular formula is C11H17BN2O3S. The standard InChI is InChI=1S/C11H17BN2O3S/c1-7(15)14-9-13-6-8(18-9)12-16-10(2,3)11(4,5)17-12/h6H,1-5H3,(H,13,14,15). The van der Waals surface area contributed by atoms with Crippen molar-refractivity contribution in [2.45, 2.75) is 45.8 Å². The minimum absolute atomic E-state index is 0.134. The average molecular weight is 268 g/mol. The van der Waals surface area contributed by atoms with Crippen molar-refractivity contribution >= 4 is 34.3 Å². The van der Waals surface area contributed by atoms with Gasteiger partial charge >= 0.3 is 7.12 Å². The van der Waals surface area contributed by atoms with E-state index in [9.17, 15) is 4.79 Å². The minimum Gasteiger partial charge on any atom is -0.399 e. The molecule has 1 aromatic rings. The number of aromatic nitrogens is 1. The summed E-state index contributed by atoms with van der Waals surface area (Å²) in [6, 6.07) is 0. The van der Waals surface area contributed by atoms with Crippen molar-refractivity contribution in [3.63, 3.8) is 0 Å². The summed E-state index contributed by atoms with van der Waals surface area (Å²) in [6.45, 7) is 9.47. The Bertz CT molecular complexity index is 457. The molecule has 5 nitrogen and oxygen atoms in total. The summed E-state index contributed by atoms with van der Waals surface area (Å²) in [7, 11) is -0.421. The second-order valence-electron chi connectivity index (χ2n) is 5.34. The summed E-state index contributed by atoms with van der Waals surface area (Å²) in [4.78, 5) is 15.1. The predicted octanol–water partition coefficient (Wildman–Crippen LogP) is 1.40. The number of rotatable bonds is 2. The zero-order chi connectivity index (χ0) is 13.6. The molecule has 2 heterocycles. The van der Waals surface area contributed by atoms with Gasteiger partial charge in [0.2, 0.25) is 5.91 Å². The molecule has 2 rings (SSSR count). The SMILES string of the molecule is CC(=O)Nc1ncc(B2OC(C)(C)C(C)(C)O2)s1. The van der Waals surface area contributed by atoms with Crippen LogP contribution in [0.3, 0.4) is 0 Å². The third-order valence-corrected chi connectivity index (χ3v) is 4.23. The maximum atomic E-state index is 10.9. The van der Waals surface area contributed by atoms with Gasteiger partial charge in [0.15, 0.2) is 5.13 Å². The monoisotopic (exact) mass is 268 g/mol. The number of carbonyl (C=O) groups excluding carboxylic acids is 1. The molecule has 1 fully saturated rings. The predicted molar refractivity (Wildman–Crippen MR) is 72.1 cm³/mol. The Morgan fingerprint density at radius 1 is 1.33 bits per heavy atom. The lowest BCUT2D eigenvalue weighted by Crippen LogP contribution is -2.41. The molecule has 0 spiro atoms. The van der Waals surface area contributed by atoms with E-state index in [0.717, 1.165) is 4.78 Å². The third-order valence-electron chi connectivity index (χ3n) is 3.29. The van der Waals surface area contributed by atoms with Gasteiger partial charge in [0.1, 0.15) is 0 Å². The highest BCUT2D eigenvalue weighted by Gasteiger charge is 2.52. The van der Waals surface area contributed by atoms with Crippen LogP contribution in [0.1, 0.15) is 34.6 Å². The topological polar surface area (TPSA) is 60.5 Å². The number of thiazole rings is 1. The molecule has 0 unspecified atom stereocenters. The van der Waals surface area contributed by atoms with Gasteiger partial charge in [0.25, 0.3) is 0 Å². The van der Waals surface area contributed by atoms with E-state index in [0.29, 0.717) is 5.13 Å². The molecule has 1 saturated heterocycles. The van der Waals surface area contributed by atoms with Crippen LogP contribution >= 0.6 is 11.3 Å². The lowest BCUT2D eigenvalue weighted by molar-refractivity contribution is -0.114. The minimum atomic E-state index is -0.421. The molecule has 0 aromatic carbocycles. The van der Waals surface area contributed by atoms with E-state index < -0.39 is 7.12 Å². The van der Waals surface area contributed by atoms with E-state index in [2.05, 4.69) is 10.3 Å². The van der Waals surface area contributed by atoms with Crippen LogP contribution < -0.4 is 10.1 Å². The van der Waals surface area contributed by atoms with Gasteiger partial charge in [0, 0.05) is 13.1 Å². The van der Waals surface area contributed by atoms with Crippen LogP contribution in [0.5, 0.6) is 0 Å². The average Bonchev–Trinajstić information content (AvgIpc) is 2.70. The van der Waals surface area contributed by atoms with Gasteiger partial charge in [-0.25, -0.2) is 4.98 Å². The Hall–Kier alpha value is -0.915. The van der Waals surface area contributed by atoms with E-state index in [4.69, 9.17) is 9.31 Å². The lowest BCUT2D eigenvalue weighted by atomic mass is 9.89. The molecule has 18 heavy (non-hydrogen) atoms. The van der Waals surface area contributed by atoms with Crippen molar-refractivity contribution in [1.29, 1.82) is 0 Å². The number of hydrogen-bond donors (Lipinski definition) is 1. The number of hydrogen-bond acceptors (Lipinski definition) is 5. The molecule has 0 radical (unpaired) electrons. The summed E-state index contributed by atoms with van der Waals surface area (Å²) < 4.78 is 12.7. The molecule has 98 valence electrons. The fraction of sp³-hybridized carbons (Fsp3) is 0.636. The van der Waals surface area contributed by atoms with Crippen LogP contribution in [0.25, 0.3) is 0 Å². The molecule has 0 atom stereocenters. The normalized spacial score (nSPS) is 21.1. The van der Waals surface area contributed by atoms with Crippen molar-refractivity contribution in [3.8, 4) is 0 Å². The van der Waals surface area contributed by atoms with Crippen LogP contribution in [0.2, 0.25) is 0 Å². The molecule has 7 heteroatoms. The molecule has 1 N–H and O–H groups in total. The molecule has 1 amide bonds. The quantitative estimate of drug-likeness (QED) is 0.824. The first-order valence-corrected chi connectivity index (χ1v) is 6.62. The Kier molecular flexibility index (Phi) is 3.25. The second-order valence-corrected chi connectivity index (χ2v) is 6.40. The highest BCUT2D eigenvalue weighted by molar-refractivity contribution is 7.25. The third kappa shape index (κ3) is 2.43. The second kappa shape index (κ2) is 4.33. The molecule has 1 aliphatic rings. The van der Waals surface area contributed by atoms with Crippen LogP contribution in [0.4, 0.5) is 5.13 Å². The first kappa shape index (κ1) is 13.5. The summed E-state index contributed by atoms with van der Waals surface area (Å²) in [5.74, 6) is -0.134. The van der Waals surface area contributed by atoms with Crippen LogP contribution in [-0.4, -0.2) is 29.2 Å². The number of nitrogens with one attached hydrogen (secondary N) is 1. The van der Waals surface area contributed by atoms with Gasteiger partial charge in [-0.1, -0.05) is 0 Å². The first-order valence-electron chi connectivity index (χ1n) is 5.80. The summed E-state index contributed by atoms with van der Waals surface area (Å²) in [5.41, 5.74) is -0.731. The number of nitrogens with zero attached hydrogens (tertiary/aromatic N) is 1. The molecular weight excluding hydrogens is 251 g/mol. The van der Waals surface area contributed by atoms with Gasteiger partial charge < -0.3 is 14.6 Å². The maximum Gasteiger partial charge on any atom is 0.507 e. The van der Waals surface area contributed by atoms with Gasteiger partial charge in [0.05, 0.1) is 16.0 Å². The summed E-state index contributed by atoms with van der Waals surface area (Å²) in [5, 5.41) is 3.21. The number of anilines is 1. The number of carbonyl (C=O) groups is 1. The molecule has 0 saturated carbocycles.